The van der Waals surface area contributed by atoms with E-state index in [9.17, 15) is 9.59 Å². The largest absolute Gasteiger partial charge is 0.365 e. The van der Waals surface area contributed by atoms with Crippen molar-refractivity contribution >= 4 is 52.3 Å². The van der Waals surface area contributed by atoms with Crippen molar-refractivity contribution in [1.82, 2.24) is 0 Å². The molecule has 1 aliphatic carbocycles. The Morgan fingerprint density at radius 2 is 1.95 bits per heavy atom. The van der Waals surface area contributed by atoms with Crippen LogP contribution in [-0.2, 0) is 9.63 Å². The molecule has 0 unspecified atom stereocenters. The van der Waals surface area contributed by atoms with E-state index < -0.39 is 22.0 Å². The number of allylic oxidation sites excluding steroid dienone is 2. The zero-order valence-corrected chi connectivity index (χ0v) is 13.1. The first-order chi connectivity index (χ1) is 9.84. The number of carbonyl (C=O) groups is 2. The highest BCUT2D eigenvalue weighted by Crippen LogP contribution is 2.34. The quantitative estimate of drug-likeness (QED) is 0.468. The third kappa shape index (κ3) is 3.28. The number of oxime groups is 1. The second kappa shape index (κ2) is 6.18. The molecule has 0 aromatic heterocycles. The first-order valence-electron chi connectivity index (χ1n) is 5.93. The third-order valence-corrected chi connectivity index (χ3v) is 4.36. The number of rotatable bonds is 2. The van der Waals surface area contributed by atoms with Crippen LogP contribution in [0.4, 0.5) is 0 Å². The second-order valence-electron chi connectivity index (χ2n) is 4.52. The van der Waals surface area contributed by atoms with Crippen molar-refractivity contribution in [1.29, 1.82) is 0 Å². The van der Waals surface area contributed by atoms with Crippen molar-refractivity contribution in [2.45, 2.75) is 17.2 Å². The number of benzene rings is 1. The number of ketones is 1. The fourth-order valence-electron chi connectivity index (χ4n) is 1.69. The summed E-state index contributed by atoms with van der Waals surface area (Å²) in [5, 5.41) is 2.59. The van der Waals surface area contributed by atoms with Crippen LogP contribution in [0.3, 0.4) is 0 Å². The van der Waals surface area contributed by atoms with Crippen LogP contribution in [0.2, 0.25) is 0 Å². The van der Waals surface area contributed by atoms with Gasteiger partial charge in [-0.2, -0.15) is 0 Å². The van der Waals surface area contributed by atoms with Gasteiger partial charge in [0.25, 0.3) is 0 Å². The molecule has 0 amide bonds. The van der Waals surface area contributed by atoms with Crippen molar-refractivity contribution in [3.8, 4) is 0 Å². The smallest absolute Gasteiger partial charge is 0.312 e. The topological polar surface area (TPSA) is 55.7 Å². The number of hydrogen-bond donors (Lipinski definition) is 0. The molecule has 1 aliphatic rings. The van der Waals surface area contributed by atoms with E-state index in [0.717, 1.165) is 0 Å². The van der Waals surface area contributed by atoms with Crippen molar-refractivity contribution in [3.63, 3.8) is 0 Å². The zero-order valence-electron chi connectivity index (χ0n) is 10.8. The predicted molar refractivity (Wildman–Crippen MR) is 82.1 cm³/mol. The van der Waals surface area contributed by atoms with Crippen molar-refractivity contribution < 1.29 is 14.4 Å². The van der Waals surface area contributed by atoms with Crippen LogP contribution in [0, 0.1) is 0 Å². The minimum Gasteiger partial charge on any atom is -0.312 e. The summed E-state index contributed by atoms with van der Waals surface area (Å²) in [6.45, 7) is 1.43. The van der Waals surface area contributed by atoms with Gasteiger partial charge in [-0.3, -0.25) is 4.79 Å². The first kappa shape index (κ1) is 16.0. The highest BCUT2D eigenvalue weighted by atomic mass is 35.5. The van der Waals surface area contributed by atoms with E-state index >= 15 is 0 Å². The minimum atomic E-state index is -1.44. The Labute approximate surface area is 136 Å². The van der Waals surface area contributed by atoms with Gasteiger partial charge in [-0.15, -0.1) is 23.2 Å². The number of carbonyl (C=O) groups excluding carboxylic acids is 2. The molecule has 110 valence electrons. The SMILES string of the molecule is C[C@@]1(Cl)C(=O)C(Cl)=C/C(=N/OC(=O)c2ccccc2)[C@H]1Cl. The maximum absolute atomic E-state index is 11.8. The lowest BCUT2D eigenvalue weighted by Crippen LogP contribution is -2.46. The van der Waals surface area contributed by atoms with Gasteiger partial charge in [-0.05, 0) is 25.1 Å². The van der Waals surface area contributed by atoms with Gasteiger partial charge in [0.2, 0.25) is 0 Å². The molecule has 0 spiro atoms. The summed E-state index contributed by atoms with van der Waals surface area (Å²) in [6.07, 6.45) is 1.24. The summed E-state index contributed by atoms with van der Waals surface area (Å²) in [7, 11) is 0. The molecule has 0 saturated heterocycles. The molecule has 21 heavy (non-hydrogen) atoms. The maximum Gasteiger partial charge on any atom is 0.365 e. The standard InChI is InChI=1S/C14H10Cl3NO3/c1-14(17)11(16)10(7-9(15)12(14)19)18-21-13(20)8-5-3-2-4-6-8/h2-7,11H,1H3/b18-10-/t11-,14+/m1/s1. The monoisotopic (exact) mass is 345 g/mol. The molecule has 0 aliphatic heterocycles. The lowest BCUT2D eigenvalue weighted by Gasteiger charge is -2.29. The molecule has 1 aromatic carbocycles. The molecule has 0 heterocycles. The van der Waals surface area contributed by atoms with Crippen molar-refractivity contribution in [2.24, 2.45) is 5.16 Å². The van der Waals surface area contributed by atoms with E-state index in [2.05, 4.69) is 5.16 Å². The van der Waals surface area contributed by atoms with Gasteiger partial charge >= 0.3 is 5.97 Å². The van der Waals surface area contributed by atoms with Gasteiger partial charge in [0.1, 0.15) is 16.0 Å². The Kier molecular flexibility index (Phi) is 4.71. The Bertz CT molecular complexity index is 638. The molecule has 0 bridgehead atoms. The molecule has 4 nitrogen and oxygen atoms in total. The van der Waals surface area contributed by atoms with Crippen LogP contribution < -0.4 is 0 Å². The van der Waals surface area contributed by atoms with E-state index in [4.69, 9.17) is 39.6 Å². The molecular formula is C14H10Cl3NO3. The van der Waals surface area contributed by atoms with Crippen LogP contribution in [0.5, 0.6) is 0 Å². The Balaban J connectivity index is 2.22. The summed E-state index contributed by atoms with van der Waals surface area (Å²) in [5.74, 6) is -1.15. The molecule has 0 N–H and O–H groups in total. The van der Waals surface area contributed by atoms with Crippen LogP contribution in [0.25, 0.3) is 0 Å². The Morgan fingerprint density at radius 3 is 2.57 bits per heavy atom. The average Bonchev–Trinajstić information content (AvgIpc) is 2.48. The van der Waals surface area contributed by atoms with E-state index in [0.29, 0.717) is 5.56 Å². The number of halogens is 3. The molecule has 0 fully saturated rings. The van der Waals surface area contributed by atoms with Gasteiger partial charge < -0.3 is 4.84 Å². The van der Waals surface area contributed by atoms with Gasteiger partial charge in [0.15, 0.2) is 5.78 Å². The normalized spacial score (nSPS) is 27.4. The highest BCUT2D eigenvalue weighted by molar-refractivity contribution is 6.58. The summed E-state index contributed by atoms with van der Waals surface area (Å²) in [4.78, 5) is 26.9. The second-order valence-corrected chi connectivity index (χ2v) is 6.15. The van der Waals surface area contributed by atoms with Crippen molar-refractivity contribution in [2.75, 3.05) is 0 Å². The molecular weight excluding hydrogens is 337 g/mol. The number of alkyl halides is 2. The first-order valence-corrected chi connectivity index (χ1v) is 7.12. The van der Waals surface area contributed by atoms with Crippen LogP contribution in [0.15, 0.2) is 46.6 Å². The zero-order chi connectivity index (χ0) is 15.6. The Hall–Kier alpha value is -1.36. The van der Waals surface area contributed by atoms with Gasteiger partial charge in [0.05, 0.1) is 10.6 Å². The van der Waals surface area contributed by atoms with Gasteiger partial charge in [-0.25, -0.2) is 4.79 Å². The molecule has 0 saturated carbocycles. The van der Waals surface area contributed by atoms with Crippen LogP contribution in [-0.4, -0.2) is 27.7 Å². The molecule has 2 atom stereocenters. The fourth-order valence-corrected chi connectivity index (χ4v) is 2.46. The average molecular weight is 347 g/mol. The van der Waals surface area contributed by atoms with Gasteiger partial charge in [-0.1, -0.05) is 35.0 Å². The molecule has 0 radical (unpaired) electrons. The predicted octanol–water partition coefficient (Wildman–Crippen LogP) is 3.51. The molecule has 1 aromatic rings. The number of nitrogens with zero attached hydrogens (tertiary/aromatic N) is 1. The van der Waals surface area contributed by atoms with Crippen molar-refractivity contribution in [3.05, 3.63) is 47.0 Å². The van der Waals surface area contributed by atoms with E-state index in [-0.39, 0.29) is 10.7 Å². The van der Waals surface area contributed by atoms with Crippen LogP contribution >= 0.6 is 34.8 Å². The molecule has 7 heteroatoms. The summed E-state index contributed by atoms with van der Waals surface area (Å²) in [5.41, 5.74) is 0.451. The lowest BCUT2D eigenvalue weighted by molar-refractivity contribution is -0.116. The maximum atomic E-state index is 11.8. The summed E-state index contributed by atoms with van der Waals surface area (Å²) >= 11 is 17.9. The van der Waals surface area contributed by atoms with E-state index in [1.807, 2.05) is 0 Å². The fraction of sp³-hybridized carbons (Fsp3) is 0.214. The third-order valence-electron chi connectivity index (χ3n) is 2.91. The summed E-state index contributed by atoms with van der Waals surface area (Å²) < 4.78 is 0. The van der Waals surface area contributed by atoms with E-state index in [1.165, 1.54) is 13.0 Å². The minimum absolute atomic E-state index is 0.112. The van der Waals surface area contributed by atoms with Gasteiger partial charge in [0, 0.05) is 0 Å². The van der Waals surface area contributed by atoms with E-state index in [1.54, 1.807) is 30.3 Å². The molecule has 2 rings (SSSR count). The number of hydrogen-bond acceptors (Lipinski definition) is 4. The number of Topliss-reactive ketones (excluding diaryl/α,β-unsaturated/α-hetero) is 1. The Morgan fingerprint density at radius 1 is 1.33 bits per heavy atom. The van der Waals surface area contributed by atoms with Crippen LogP contribution in [0.1, 0.15) is 17.3 Å². The summed E-state index contributed by atoms with van der Waals surface area (Å²) in [6, 6.07) is 8.32. The highest BCUT2D eigenvalue weighted by Gasteiger charge is 2.45. The lowest BCUT2D eigenvalue weighted by atomic mass is 9.92.